The van der Waals surface area contributed by atoms with Gasteiger partial charge in [-0.2, -0.15) is 0 Å². The molecule has 0 spiro atoms. The number of carbonyl (C=O) groups excluding carboxylic acids is 1. The predicted octanol–water partition coefficient (Wildman–Crippen LogP) is 4.24. The van der Waals surface area contributed by atoms with Crippen LogP contribution in [0, 0.1) is 27.7 Å². The van der Waals surface area contributed by atoms with Gasteiger partial charge in [0.1, 0.15) is 5.76 Å². The molecule has 0 unspecified atom stereocenters. The second-order valence-electron chi connectivity index (χ2n) is 7.00. The van der Waals surface area contributed by atoms with Gasteiger partial charge in [0.25, 0.3) is 15.9 Å². The van der Waals surface area contributed by atoms with Gasteiger partial charge in [-0.15, -0.1) is 0 Å². The molecule has 3 rings (SSSR count). The number of para-hydroxylation sites is 1. The van der Waals surface area contributed by atoms with E-state index < -0.39 is 15.9 Å². The van der Waals surface area contributed by atoms with E-state index in [0.717, 1.165) is 11.1 Å². The SMILES string of the molecule is Cc1cc(C)c(C)c(S(=O)(=O)Nc2ccccc2C(=O)NCc2ccco2)c1C. The van der Waals surface area contributed by atoms with Crippen molar-refractivity contribution < 1.29 is 17.6 Å². The smallest absolute Gasteiger partial charge is 0.262 e. The Kier molecular flexibility index (Phi) is 5.79. The summed E-state index contributed by atoms with van der Waals surface area (Å²) in [4.78, 5) is 12.9. The molecule has 0 bridgehead atoms. The van der Waals surface area contributed by atoms with Crippen LogP contribution >= 0.6 is 0 Å². The van der Waals surface area contributed by atoms with Crippen LogP contribution in [0.15, 0.2) is 58.0 Å². The monoisotopic (exact) mass is 412 g/mol. The first-order valence-electron chi connectivity index (χ1n) is 9.20. The number of aryl methyl sites for hydroxylation is 2. The first-order valence-corrected chi connectivity index (χ1v) is 10.7. The van der Waals surface area contributed by atoms with Crippen LogP contribution in [0.3, 0.4) is 0 Å². The summed E-state index contributed by atoms with van der Waals surface area (Å²) in [6.45, 7) is 7.56. The normalized spacial score (nSPS) is 11.3. The molecule has 0 aliphatic heterocycles. The van der Waals surface area contributed by atoms with Gasteiger partial charge >= 0.3 is 0 Å². The van der Waals surface area contributed by atoms with Crippen molar-refractivity contribution in [3.63, 3.8) is 0 Å². The van der Waals surface area contributed by atoms with E-state index in [9.17, 15) is 13.2 Å². The standard InChI is InChI=1S/C22H24N2O4S/c1-14-12-15(2)17(4)21(16(14)3)29(26,27)24-20-10-6-5-9-19(20)22(25)23-13-18-8-7-11-28-18/h5-12,24H,13H2,1-4H3,(H,23,25). The zero-order valence-corrected chi connectivity index (χ0v) is 17.7. The van der Waals surface area contributed by atoms with Crippen molar-refractivity contribution in [2.75, 3.05) is 4.72 Å². The molecule has 0 aliphatic carbocycles. The maximum Gasteiger partial charge on any atom is 0.262 e. The fourth-order valence-electron chi connectivity index (χ4n) is 3.23. The summed E-state index contributed by atoms with van der Waals surface area (Å²) in [6.07, 6.45) is 1.53. The molecule has 0 saturated heterocycles. The van der Waals surface area contributed by atoms with Crippen LogP contribution in [0.4, 0.5) is 5.69 Å². The quantitative estimate of drug-likeness (QED) is 0.634. The van der Waals surface area contributed by atoms with Crippen molar-refractivity contribution in [1.29, 1.82) is 0 Å². The minimum absolute atomic E-state index is 0.211. The summed E-state index contributed by atoms with van der Waals surface area (Å²) in [5, 5.41) is 2.74. The summed E-state index contributed by atoms with van der Waals surface area (Å²) in [5.74, 6) is 0.214. The highest BCUT2D eigenvalue weighted by Gasteiger charge is 2.24. The molecule has 0 saturated carbocycles. The van der Waals surface area contributed by atoms with Crippen LogP contribution in [0.25, 0.3) is 0 Å². The Balaban J connectivity index is 1.92. The van der Waals surface area contributed by atoms with Gasteiger partial charge in [-0.25, -0.2) is 8.42 Å². The lowest BCUT2D eigenvalue weighted by molar-refractivity contribution is 0.0949. The van der Waals surface area contributed by atoms with Crippen LogP contribution in [0.1, 0.15) is 38.4 Å². The molecule has 1 amide bonds. The number of benzene rings is 2. The van der Waals surface area contributed by atoms with E-state index >= 15 is 0 Å². The van der Waals surface area contributed by atoms with E-state index in [1.807, 2.05) is 19.9 Å². The molecule has 29 heavy (non-hydrogen) atoms. The molecular weight excluding hydrogens is 388 g/mol. The minimum Gasteiger partial charge on any atom is -0.467 e. The second-order valence-corrected chi connectivity index (χ2v) is 8.62. The van der Waals surface area contributed by atoms with Gasteiger partial charge in [0, 0.05) is 0 Å². The molecule has 1 heterocycles. The van der Waals surface area contributed by atoms with Gasteiger partial charge in [0.15, 0.2) is 0 Å². The number of furan rings is 1. The van der Waals surface area contributed by atoms with Gasteiger partial charge in [-0.3, -0.25) is 9.52 Å². The highest BCUT2D eigenvalue weighted by atomic mass is 32.2. The second kappa shape index (κ2) is 8.13. The van der Waals surface area contributed by atoms with Crippen molar-refractivity contribution in [2.45, 2.75) is 39.1 Å². The van der Waals surface area contributed by atoms with Crippen LogP contribution in [-0.2, 0) is 16.6 Å². The largest absolute Gasteiger partial charge is 0.467 e. The lowest BCUT2D eigenvalue weighted by Crippen LogP contribution is -2.25. The van der Waals surface area contributed by atoms with Crippen LogP contribution < -0.4 is 10.0 Å². The minimum atomic E-state index is -3.88. The van der Waals surface area contributed by atoms with E-state index in [4.69, 9.17) is 4.42 Å². The maximum atomic E-state index is 13.2. The predicted molar refractivity (Wildman–Crippen MR) is 113 cm³/mol. The molecule has 3 aromatic rings. The van der Waals surface area contributed by atoms with Crippen LogP contribution in [0.2, 0.25) is 0 Å². The molecule has 6 nitrogen and oxygen atoms in total. The number of anilines is 1. The average Bonchev–Trinajstić information content (AvgIpc) is 3.18. The van der Waals surface area contributed by atoms with Crippen molar-refractivity contribution in [3.05, 3.63) is 82.3 Å². The first-order chi connectivity index (χ1) is 13.7. The fraction of sp³-hybridized carbons (Fsp3) is 0.227. The highest BCUT2D eigenvalue weighted by molar-refractivity contribution is 7.92. The molecule has 152 valence electrons. The van der Waals surface area contributed by atoms with Gasteiger partial charge < -0.3 is 9.73 Å². The Morgan fingerprint density at radius 2 is 1.62 bits per heavy atom. The molecule has 0 fully saturated rings. The third kappa shape index (κ3) is 4.35. The lowest BCUT2D eigenvalue weighted by Gasteiger charge is -2.18. The van der Waals surface area contributed by atoms with Gasteiger partial charge in [0.05, 0.1) is 29.0 Å². The summed E-state index contributed by atoms with van der Waals surface area (Å²) in [7, 11) is -3.88. The zero-order valence-electron chi connectivity index (χ0n) is 16.9. The highest BCUT2D eigenvalue weighted by Crippen LogP contribution is 2.28. The summed E-state index contributed by atoms with van der Waals surface area (Å²) < 4.78 is 34.2. The molecular formula is C22H24N2O4S. The van der Waals surface area contributed by atoms with Crippen molar-refractivity contribution in [3.8, 4) is 0 Å². The Labute approximate surface area is 171 Å². The number of hydrogen-bond acceptors (Lipinski definition) is 4. The number of nitrogens with one attached hydrogen (secondary N) is 2. The number of carbonyl (C=O) groups is 1. The number of hydrogen-bond donors (Lipinski definition) is 2. The summed E-state index contributed by atoms with van der Waals surface area (Å²) in [6, 6.07) is 12.0. The molecule has 7 heteroatoms. The van der Waals surface area contributed by atoms with E-state index in [1.54, 1.807) is 50.2 Å². The van der Waals surface area contributed by atoms with Crippen LogP contribution in [-0.4, -0.2) is 14.3 Å². The van der Waals surface area contributed by atoms with Gasteiger partial charge in [0.2, 0.25) is 0 Å². The van der Waals surface area contributed by atoms with Gasteiger partial charge in [-0.05, 0) is 74.2 Å². The summed E-state index contributed by atoms with van der Waals surface area (Å²) >= 11 is 0. The zero-order chi connectivity index (χ0) is 21.2. The Morgan fingerprint density at radius 3 is 2.24 bits per heavy atom. The Hall–Kier alpha value is -3.06. The van der Waals surface area contributed by atoms with Crippen LogP contribution in [0.5, 0.6) is 0 Å². The molecule has 2 N–H and O–H groups in total. The van der Waals surface area contributed by atoms with Gasteiger partial charge in [-0.1, -0.05) is 18.2 Å². The molecule has 0 atom stereocenters. The van der Waals surface area contributed by atoms with Crippen molar-refractivity contribution >= 4 is 21.6 Å². The van der Waals surface area contributed by atoms with E-state index in [-0.39, 0.29) is 22.7 Å². The van der Waals surface area contributed by atoms with E-state index in [2.05, 4.69) is 10.0 Å². The van der Waals surface area contributed by atoms with E-state index in [0.29, 0.717) is 16.9 Å². The summed E-state index contributed by atoms with van der Waals surface area (Å²) in [5.41, 5.74) is 3.65. The Morgan fingerprint density at radius 1 is 0.966 bits per heavy atom. The number of sulfonamides is 1. The third-order valence-corrected chi connectivity index (χ3v) is 6.62. The number of rotatable bonds is 6. The average molecular weight is 413 g/mol. The molecule has 0 radical (unpaired) electrons. The van der Waals surface area contributed by atoms with Crippen molar-refractivity contribution in [2.24, 2.45) is 0 Å². The lowest BCUT2D eigenvalue weighted by atomic mass is 10.0. The molecule has 1 aromatic heterocycles. The molecule has 2 aromatic carbocycles. The Bertz CT molecular complexity index is 1120. The number of amides is 1. The topological polar surface area (TPSA) is 88.4 Å². The fourth-order valence-corrected chi connectivity index (χ4v) is 4.92. The third-order valence-electron chi connectivity index (χ3n) is 4.99. The van der Waals surface area contributed by atoms with Crippen molar-refractivity contribution in [1.82, 2.24) is 5.32 Å². The molecule has 0 aliphatic rings. The van der Waals surface area contributed by atoms with E-state index in [1.165, 1.54) is 6.26 Å². The first kappa shape index (κ1) is 20.7. The maximum absolute atomic E-state index is 13.2.